The first-order chi connectivity index (χ1) is 8.54. The van der Waals surface area contributed by atoms with E-state index in [4.69, 9.17) is 23.2 Å². The average molecular weight is 285 g/mol. The van der Waals surface area contributed by atoms with Crippen molar-refractivity contribution in [1.29, 1.82) is 0 Å². The Balaban J connectivity index is 2.55. The lowest BCUT2D eigenvalue weighted by molar-refractivity contribution is 0.280. The van der Waals surface area contributed by atoms with Gasteiger partial charge in [-0.3, -0.25) is 0 Å². The van der Waals surface area contributed by atoms with Crippen molar-refractivity contribution in [3.63, 3.8) is 0 Å². The maximum Gasteiger partial charge on any atom is 0.138 e. The van der Waals surface area contributed by atoms with Gasteiger partial charge in [-0.25, -0.2) is 4.68 Å². The number of aliphatic hydroxyl groups is 1. The quantitative estimate of drug-likeness (QED) is 0.931. The van der Waals surface area contributed by atoms with E-state index in [2.05, 4.69) is 5.10 Å². The third-order valence-corrected chi connectivity index (χ3v) is 3.37. The monoisotopic (exact) mass is 284 g/mol. The number of benzene rings is 1. The molecule has 1 aromatic carbocycles. The molecule has 18 heavy (non-hydrogen) atoms. The van der Waals surface area contributed by atoms with Gasteiger partial charge in [0.05, 0.1) is 18.0 Å². The molecule has 0 atom stereocenters. The van der Waals surface area contributed by atoms with Gasteiger partial charge in [-0.1, -0.05) is 37.0 Å². The normalized spacial score (nSPS) is 11.2. The summed E-state index contributed by atoms with van der Waals surface area (Å²) in [5, 5.41) is 15.0. The van der Waals surface area contributed by atoms with Crippen molar-refractivity contribution in [2.45, 2.75) is 26.4 Å². The topological polar surface area (TPSA) is 38.0 Å². The highest BCUT2D eigenvalue weighted by molar-refractivity contribution is 6.31. The Morgan fingerprint density at radius 2 is 1.83 bits per heavy atom. The van der Waals surface area contributed by atoms with Crippen LogP contribution in [0.4, 0.5) is 0 Å². The number of aromatic nitrogens is 2. The Morgan fingerprint density at radius 3 is 2.28 bits per heavy atom. The molecule has 0 spiro atoms. The average Bonchev–Trinajstić information content (AvgIpc) is 2.67. The number of halogens is 2. The van der Waals surface area contributed by atoms with E-state index >= 15 is 0 Å². The van der Waals surface area contributed by atoms with Crippen LogP contribution in [0.1, 0.15) is 31.0 Å². The van der Waals surface area contributed by atoms with Gasteiger partial charge in [0.1, 0.15) is 5.15 Å². The first-order valence-corrected chi connectivity index (χ1v) is 6.44. The van der Waals surface area contributed by atoms with Gasteiger partial charge in [-0.05, 0) is 30.2 Å². The molecule has 0 aliphatic rings. The fraction of sp³-hybridized carbons (Fsp3) is 0.308. The Morgan fingerprint density at radius 1 is 1.22 bits per heavy atom. The molecule has 0 bridgehead atoms. The highest BCUT2D eigenvalue weighted by Gasteiger charge is 2.18. The summed E-state index contributed by atoms with van der Waals surface area (Å²) in [5.74, 6) is 0.207. The second-order valence-electron chi connectivity index (χ2n) is 4.36. The van der Waals surface area contributed by atoms with Crippen molar-refractivity contribution in [3.8, 4) is 5.69 Å². The highest BCUT2D eigenvalue weighted by Crippen LogP contribution is 2.28. The van der Waals surface area contributed by atoms with E-state index < -0.39 is 0 Å². The van der Waals surface area contributed by atoms with Crippen LogP contribution in [0.5, 0.6) is 0 Å². The van der Waals surface area contributed by atoms with Crippen molar-refractivity contribution in [2.75, 3.05) is 0 Å². The highest BCUT2D eigenvalue weighted by atomic mass is 35.5. The predicted molar refractivity (Wildman–Crippen MR) is 73.6 cm³/mol. The summed E-state index contributed by atoms with van der Waals surface area (Å²) in [5.41, 5.74) is 2.32. The summed E-state index contributed by atoms with van der Waals surface area (Å²) < 4.78 is 1.62. The van der Waals surface area contributed by atoms with Gasteiger partial charge >= 0.3 is 0 Å². The maximum atomic E-state index is 9.39. The zero-order chi connectivity index (χ0) is 13.3. The molecule has 0 saturated heterocycles. The van der Waals surface area contributed by atoms with Crippen molar-refractivity contribution >= 4 is 23.2 Å². The van der Waals surface area contributed by atoms with Crippen LogP contribution in [0.3, 0.4) is 0 Å². The zero-order valence-electron chi connectivity index (χ0n) is 10.2. The molecule has 0 amide bonds. The lowest BCUT2D eigenvalue weighted by Crippen LogP contribution is -1.98. The van der Waals surface area contributed by atoms with Crippen molar-refractivity contribution in [1.82, 2.24) is 9.78 Å². The van der Waals surface area contributed by atoms with Gasteiger partial charge in [0.25, 0.3) is 0 Å². The Hall–Kier alpha value is -1.03. The number of hydrogen-bond donors (Lipinski definition) is 1. The standard InChI is InChI=1S/C13H14Cl2N2O/c1-8(2)12-11(7-18)13(15)17(16-12)10-5-3-9(14)4-6-10/h3-6,8,18H,7H2,1-2H3. The zero-order valence-corrected chi connectivity index (χ0v) is 11.7. The van der Waals surface area contributed by atoms with E-state index in [1.807, 2.05) is 26.0 Å². The fourth-order valence-corrected chi connectivity index (χ4v) is 2.23. The molecule has 1 heterocycles. The van der Waals surface area contributed by atoms with Crippen LogP contribution >= 0.6 is 23.2 Å². The minimum atomic E-state index is -0.111. The van der Waals surface area contributed by atoms with Crippen LogP contribution < -0.4 is 0 Å². The van der Waals surface area contributed by atoms with E-state index in [0.29, 0.717) is 15.7 Å². The third-order valence-electron chi connectivity index (χ3n) is 2.73. The molecule has 96 valence electrons. The number of aliphatic hydroxyl groups excluding tert-OH is 1. The van der Waals surface area contributed by atoms with Crippen LogP contribution in [-0.2, 0) is 6.61 Å². The molecule has 0 unspecified atom stereocenters. The third kappa shape index (κ3) is 2.39. The van der Waals surface area contributed by atoms with E-state index in [1.54, 1.807) is 16.8 Å². The van der Waals surface area contributed by atoms with E-state index in [0.717, 1.165) is 11.4 Å². The summed E-state index contributed by atoms with van der Waals surface area (Å²) in [4.78, 5) is 0. The van der Waals surface area contributed by atoms with Gasteiger partial charge in [-0.15, -0.1) is 0 Å². The Bertz CT molecular complexity index is 547. The number of rotatable bonds is 3. The summed E-state index contributed by atoms with van der Waals surface area (Å²) in [6.45, 7) is 3.92. The molecule has 2 aromatic rings. The molecule has 3 nitrogen and oxygen atoms in total. The van der Waals surface area contributed by atoms with E-state index in [1.165, 1.54) is 0 Å². The van der Waals surface area contributed by atoms with Gasteiger partial charge in [0.15, 0.2) is 0 Å². The smallest absolute Gasteiger partial charge is 0.138 e. The van der Waals surface area contributed by atoms with E-state index in [9.17, 15) is 5.11 Å². The molecule has 0 radical (unpaired) electrons. The molecule has 0 aliphatic carbocycles. The second-order valence-corrected chi connectivity index (χ2v) is 5.15. The molecule has 2 rings (SSSR count). The lowest BCUT2D eigenvalue weighted by atomic mass is 10.1. The molecular weight excluding hydrogens is 271 g/mol. The largest absolute Gasteiger partial charge is 0.391 e. The van der Waals surface area contributed by atoms with Crippen molar-refractivity contribution < 1.29 is 5.11 Å². The minimum absolute atomic E-state index is 0.111. The van der Waals surface area contributed by atoms with Gasteiger partial charge in [0.2, 0.25) is 0 Å². The van der Waals surface area contributed by atoms with Crippen molar-refractivity contribution in [3.05, 3.63) is 45.7 Å². The van der Waals surface area contributed by atoms with Crippen LogP contribution in [0.25, 0.3) is 5.69 Å². The van der Waals surface area contributed by atoms with E-state index in [-0.39, 0.29) is 12.5 Å². The number of nitrogens with zero attached hydrogens (tertiary/aromatic N) is 2. The summed E-state index contributed by atoms with van der Waals surface area (Å²) in [6.07, 6.45) is 0. The van der Waals surface area contributed by atoms with Gasteiger partial charge in [-0.2, -0.15) is 5.10 Å². The lowest BCUT2D eigenvalue weighted by Gasteiger charge is -2.03. The van der Waals surface area contributed by atoms with Crippen LogP contribution in [0.2, 0.25) is 10.2 Å². The summed E-state index contributed by atoms with van der Waals surface area (Å²) >= 11 is 12.1. The second kappa shape index (κ2) is 5.31. The fourth-order valence-electron chi connectivity index (χ4n) is 1.81. The molecule has 0 aliphatic heterocycles. The van der Waals surface area contributed by atoms with Crippen molar-refractivity contribution in [2.24, 2.45) is 0 Å². The molecular formula is C13H14Cl2N2O. The summed E-state index contributed by atoms with van der Waals surface area (Å²) in [6, 6.07) is 7.24. The van der Waals surface area contributed by atoms with Gasteiger partial charge < -0.3 is 5.11 Å². The number of hydrogen-bond acceptors (Lipinski definition) is 2. The maximum absolute atomic E-state index is 9.39. The molecule has 0 saturated carbocycles. The molecule has 1 N–H and O–H groups in total. The molecule has 1 aromatic heterocycles. The first kappa shape index (κ1) is 13.4. The SMILES string of the molecule is CC(C)c1nn(-c2ccc(Cl)cc2)c(Cl)c1CO. The summed E-state index contributed by atoms with van der Waals surface area (Å²) in [7, 11) is 0. The Labute approximate surface area is 116 Å². The molecule has 0 fully saturated rings. The Kier molecular flexibility index (Phi) is 3.95. The van der Waals surface area contributed by atoms with Crippen LogP contribution in [-0.4, -0.2) is 14.9 Å². The predicted octanol–water partition coefficient (Wildman–Crippen LogP) is 3.79. The van der Waals surface area contributed by atoms with Crippen LogP contribution in [0.15, 0.2) is 24.3 Å². The van der Waals surface area contributed by atoms with Crippen LogP contribution in [0, 0.1) is 0 Å². The molecule has 5 heteroatoms. The van der Waals surface area contributed by atoms with Gasteiger partial charge in [0, 0.05) is 10.6 Å². The minimum Gasteiger partial charge on any atom is -0.391 e. The first-order valence-electron chi connectivity index (χ1n) is 5.68.